The molecule has 0 bridgehead atoms. The summed E-state index contributed by atoms with van der Waals surface area (Å²) in [6.45, 7) is 6.28. The van der Waals surface area contributed by atoms with Crippen LogP contribution < -0.4 is 10.2 Å². The van der Waals surface area contributed by atoms with Gasteiger partial charge in [0.15, 0.2) is 5.82 Å². The maximum Gasteiger partial charge on any atom is 0.249 e. The standard InChI is InChI=1S/C15H19N5/c1-11-7-12(2)9-13(8-11)17-15-18-14(10-16-19-15)20-5-3-4-6-20/h7-10H,3-6H2,1-2H3,(H,17,18,19). The summed E-state index contributed by atoms with van der Waals surface area (Å²) in [5.74, 6) is 1.46. The third-order valence-corrected chi connectivity index (χ3v) is 3.45. The molecule has 2 heterocycles. The first-order valence-corrected chi connectivity index (χ1v) is 7.01. The van der Waals surface area contributed by atoms with Crippen molar-refractivity contribution in [3.8, 4) is 0 Å². The minimum absolute atomic E-state index is 0.555. The highest BCUT2D eigenvalue weighted by Gasteiger charge is 2.14. The molecule has 0 saturated carbocycles. The zero-order valence-electron chi connectivity index (χ0n) is 11.9. The highest BCUT2D eigenvalue weighted by Crippen LogP contribution is 2.20. The van der Waals surface area contributed by atoms with Crippen LogP contribution in [0.3, 0.4) is 0 Å². The van der Waals surface area contributed by atoms with Gasteiger partial charge in [0, 0.05) is 18.8 Å². The molecule has 2 aromatic rings. The van der Waals surface area contributed by atoms with Gasteiger partial charge in [-0.2, -0.15) is 10.1 Å². The van der Waals surface area contributed by atoms with Crippen molar-refractivity contribution >= 4 is 17.5 Å². The van der Waals surface area contributed by atoms with Crippen LogP contribution in [0.15, 0.2) is 24.4 Å². The lowest BCUT2D eigenvalue weighted by Gasteiger charge is -2.16. The van der Waals surface area contributed by atoms with Crippen molar-refractivity contribution in [1.82, 2.24) is 15.2 Å². The molecule has 20 heavy (non-hydrogen) atoms. The number of nitrogens with one attached hydrogen (secondary N) is 1. The van der Waals surface area contributed by atoms with E-state index in [1.165, 1.54) is 24.0 Å². The summed E-state index contributed by atoms with van der Waals surface area (Å²) in [5.41, 5.74) is 3.44. The van der Waals surface area contributed by atoms with Crippen LogP contribution in [0.2, 0.25) is 0 Å². The summed E-state index contributed by atoms with van der Waals surface area (Å²) in [4.78, 5) is 6.80. The molecule has 1 aromatic carbocycles. The highest BCUT2D eigenvalue weighted by atomic mass is 15.3. The van der Waals surface area contributed by atoms with E-state index in [0.29, 0.717) is 5.95 Å². The molecule has 0 amide bonds. The Hall–Kier alpha value is -2.17. The summed E-state index contributed by atoms with van der Waals surface area (Å²) < 4.78 is 0. The quantitative estimate of drug-likeness (QED) is 0.928. The molecule has 1 fully saturated rings. The van der Waals surface area contributed by atoms with Gasteiger partial charge in [0.25, 0.3) is 0 Å². The van der Waals surface area contributed by atoms with E-state index in [2.05, 4.69) is 57.4 Å². The maximum atomic E-state index is 4.55. The summed E-state index contributed by atoms with van der Waals surface area (Å²) in [7, 11) is 0. The monoisotopic (exact) mass is 269 g/mol. The number of aromatic nitrogens is 3. The molecule has 1 aromatic heterocycles. The number of benzene rings is 1. The lowest BCUT2D eigenvalue weighted by atomic mass is 10.1. The molecule has 0 unspecified atom stereocenters. The van der Waals surface area contributed by atoms with E-state index in [1.54, 1.807) is 6.20 Å². The van der Waals surface area contributed by atoms with Crippen molar-refractivity contribution in [2.45, 2.75) is 26.7 Å². The number of rotatable bonds is 3. The van der Waals surface area contributed by atoms with Gasteiger partial charge in [0.1, 0.15) is 0 Å². The normalized spacial score (nSPS) is 14.6. The minimum atomic E-state index is 0.555. The van der Waals surface area contributed by atoms with Crippen LogP contribution in [0, 0.1) is 13.8 Å². The molecular formula is C15H19N5. The minimum Gasteiger partial charge on any atom is -0.355 e. The number of anilines is 3. The summed E-state index contributed by atoms with van der Waals surface area (Å²) >= 11 is 0. The van der Waals surface area contributed by atoms with Crippen molar-refractivity contribution in [2.75, 3.05) is 23.3 Å². The Labute approximate surface area is 119 Å². The van der Waals surface area contributed by atoms with Crippen molar-refractivity contribution in [2.24, 2.45) is 0 Å². The molecule has 3 rings (SSSR count). The van der Waals surface area contributed by atoms with Crippen molar-refractivity contribution < 1.29 is 0 Å². The topological polar surface area (TPSA) is 53.9 Å². The van der Waals surface area contributed by atoms with Crippen molar-refractivity contribution in [3.05, 3.63) is 35.5 Å². The molecule has 1 N–H and O–H groups in total. The first-order valence-electron chi connectivity index (χ1n) is 7.01. The van der Waals surface area contributed by atoms with Gasteiger partial charge in [-0.3, -0.25) is 0 Å². The van der Waals surface area contributed by atoms with Crippen LogP contribution in [0.4, 0.5) is 17.5 Å². The van der Waals surface area contributed by atoms with Crippen LogP contribution in [0.5, 0.6) is 0 Å². The van der Waals surface area contributed by atoms with Crippen LogP contribution in [-0.2, 0) is 0 Å². The smallest absolute Gasteiger partial charge is 0.249 e. The average molecular weight is 269 g/mol. The van der Waals surface area contributed by atoms with Crippen LogP contribution in [0.25, 0.3) is 0 Å². The number of aryl methyl sites for hydroxylation is 2. The molecule has 0 aliphatic carbocycles. The third kappa shape index (κ3) is 2.87. The zero-order valence-corrected chi connectivity index (χ0v) is 11.9. The predicted molar refractivity (Wildman–Crippen MR) is 80.5 cm³/mol. The molecule has 1 aliphatic rings. The van der Waals surface area contributed by atoms with E-state index in [4.69, 9.17) is 0 Å². The Morgan fingerprint density at radius 1 is 1.05 bits per heavy atom. The van der Waals surface area contributed by atoms with Gasteiger partial charge in [-0.05, 0) is 49.9 Å². The molecule has 0 radical (unpaired) electrons. The fraction of sp³-hybridized carbons (Fsp3) is 0.400. The fourth-order valence-corrected chi connectivity index (χ4v) is 2.62. The van der Waals surface area contributed by atoms with Gasteiger partial charge in [0.05, 0.1) is 6.20 Å². The van der Waals surface area contributed by atoms with E-state index < -0.39 is 0 Å². The maximum absolute atomic E-state index is 4.55. The van der Waals surface area contributed by atoms with Crippen LogP contribution in [-0.4, -0.2) is 28.3 Å². The first kappa shape index (κ1) is 12.8. The Balaban J connectivity index is 1.81. The summed E-state index contributed by atoms with van der Waals surface area (Å²) in [6, 6.07) is 6.31. The molecule has 0 spiro atoms. The third-order valence-electron chi connectivity index (χ3n) is 3.45. The van der Waals surface area contributed by atoms with Gasteiger partial charge >= 0.3 is 0 Å². The lowest BCUT2D eigenvalue weighted by molar-refractivity contribution is 0.890. The average Bonchev–Trinajstić information content (AvgIpc) is 2.91. The molecule has 5 heteroatoms. The summed E-state index contributed by atoms with van der Waals surface area (Å²) in [6.07, 6.45) is 4.19. The fourth-order valence-electron chi connectivity index (χ4n) is 2.62. The van der Waals surface area contributed by atoms with E-state index in [-0.39, 0.29) is 0 Å². The Bertz CT molecular complexity index is 585. The molecular weight excluding hydrogens is 250 g/mol. The predicted octanol–water partition coefficient (Wildman–Crippen LogP) is 2.83. The van der Waals surface area contributed by atoms with E-state index in [1.807, 2.05) is 0 Å². The number of nitrogens with zero attached hydrogens (tertiary/aromatic N) is 4. The number of hydrogen-bond donors (Lipinski definition) is 1. The second-order valence-corrected chi connectivity index (χ2v) is 5.33. The lowest BCUT2D eigenvalue weighted by Crippen LogP contribution is -2.19. The van der Waals surface area contributed by atoms with Crippen molar-refractivity contribution in [3.63, 3.8) is 0 Å². The van der Waals surface area contributed by atoms with Crippen LogP contribution >= 0.6 is 0 Å². The Morgan fingerprint density at radius 2 is 1.75 bits per heavy atom. The van der Waals surface area contributed by atoms with E-state index in [0.717, 1.165) is 24.6 Å². The van der Waals surface area contributed by atoms with Gasteiger partial charge in [-0.25, -0.2) is 0 Å². The largest absolute Gasteiger partial charge is 0.355 e. The summed E-state index contributed by atoms with van der Waals surface area (Å²) in [5, 5.41) is 11.4. The van der Waals surface area contributed by atoms with Gasteiger partial charge in [-0.15, -0.1) is 5.10 Å². The molecule has 0 atom stereocenters. The second-order valence-electron chi connectivity index (χ2n) is 5.33. The van der Waals surface area contributed by atoms with Gasteiger partial charge in [-0.1, -0.05) is 6.07 Å². The Kier molecular flexibility index (Phi) is 3.50. The SMILES string of the molecule is Cc1cc(C)cc(Nc2nncc(N3CCCC3)n2)c1. The first-order chi connectivity index (χ1) is 9.70. The zero-order chi connectivity index (χ0) is 13.9. The molecule has 1 aliphatic heterocycles. The molecule has 1 saturated heterocycles. The highest BCUT2D eigenvalue weighted by molar-refractivity contribution is 5.56. The van der Waals surface area contributed by atoms with Gasteiger partial charge in [0.2, 0.25) is 5.95 Å². The van der Waals surface area contributed by atoms with E-state index >= 15 is 0 Å². The molecule has 5 nitrogen and oxygen atoms in total. The Morgan fingerprint density at radius 3 is 2.45 bits per heavy atom. The van der Waals surface area contributed by atoms with Gasteiger partial charge < -0.3 is 10.2 Å². The van der Waals surface area contributed by atoms with E-state index in [9.17, 15) is 0 Å². The molecule has 104 valence electrons. The van der Waals surface area contributed by atoms with Crippen molar-refractivity contribution in [1.29, 1.82) is 0 Å². The van der Waals surface area contributed by atoms with Crippen LogP contribution in [0.1, 0.15) is 24.0 Å². The second kappa shape index (κ2) is 5.45. The number of hydrogen-bond acceptors (Lipinski definition) is 5.